The van der Waals surface area contributed by atoms with E-state index in [9.17, 15) is 4.48 Å². The lowest BCUT2D eigenvalue weighted by Crippen LogP contribution is -2.66. The van der Waals surface area contributed by atoms with Crippen molar-refractivity contribution < 1.29 is 14.0 Å². The minimum atomic E-state index is -0.333. The molecule has 0 aliphatic carbocycles. The third-order valence-corrected chi connectivity index (χ3v) is 2.78. The molecule has 2 aliphatic heterocycles. The number of nitrogens with zero attached hydrogens (tertiary/aromatic N) is 1. The third-order valence-electron chi connectivity index (χ3n) is 2.78. The smallest absolute Gasteiger partial charge is 0.122 e. The zero-order chi connectivity index (χ0) is 9.47. The molecular weight excluding hydrogens is 173 g/mol. The molecule has 4 heteroatoms. The summed E-state index contributed by atoms with van der Waals surface area (Å²) in [4.78, 5) is 0. The highest BCUT2D eigenvalue weighted by molar-refractivity contribution is 4.96. The monoisotopic (exact) mass is 189 g/mol. The van der Waals surface area contributed by atoms with E-state index < -0.39 is 0 Å². The van der Waals surface area contributed by atoms with Crippen molar-refractivity contribution in [2.75, 3.05) is 26.3 Å². The van der Waals surface area contributed by atoms with E-state index in [-0.39, 0.29) is 11.7 Å². The molecule has 0 N–H and O–H groups in total. The maximum absolute atomic E-state index is 12.5. The van der Waals surface area contributed by atoms with Gasteiger partial charge in [0.05, 0.1) is 32.4 Å². The van der Waals surface area contributed by atoms with Crippen LogP contribution in [0.5, 0.6) is 0 Å². The molecule has 0 aromatic heterocycles. The fraction of sp³-hybridized carbons (Fsp3) is 1.00. The summed E-state index contributed by atoms with van der Waals surface area (Å²) in [6.07, 6.45) is 0.180. The number of ether oxygens (including phenoxy) is 2. The lowest BCUT2D eigenvalue weighted by Gasteiger charge is -2.49. The summed E-state index contributed by atoms with van der Waals surface area (Å²) in [6, 6.07) is 0. The highest BCUT2D eigenvalue weighted by Crippen LogP contribution is 2.30. The first-order valence-corrected chi connectivity index (χ1v) is 4.78. The van der Waals surface area contributed by atoms with Crippen LogP contribution < -0.4 is 0 Å². The molecule has 3 nitrogen and oxygen atoms in total. The largest absolute Gasteiger partial charge is 0.372 e. The molecule has 2 rings (SSSR count). The lowest BCUT2D eigenvalue weighted by atomic mass is 9.95. The van der Waals surface area contributed by atoms with Crippen molar-refractivity contribution in [3.05, 3.63) is 0 Å². The molecule has 2 aliphatic rings. The number of halogens is 1. The summed E-state index contributed by atoms with van der Waals surface area (Å²) >= 11 is 0. The number of hydrogen-bond acceptors (Lipinski definition) is 3. The summed E-state index contributed by atoms with van der Waals surface area (Å²) in [7, 11) is 0. The Morgan fingerprint density at radius 3 is 2.54 bits per heavy atom. The van der Waals surface area contributed by atoms with Crippen molar-refractivity contribution in [1.29, 1.82) is 0 Å². The van der Waals surface area contributed by atoms with E-state index in [0.29, 0.717) is 32.2 Å². The van der Waals surface area contributed by atoms with Gasteiger partial charge in [-0.25, -0.2) is 0 Å². The normalized spacial score (nSPS) is 33.7. The van der Waals surface area contributed by atoms with Crippen molar-refractivity contribution in [2.45, 2.75) is 25.6 Å². The van der Waals surface area contributed by atoms with E-state index in [0.717, 1.165) is 5.12 Å². The van der Waals surface area contributed by atoms with Gasteiger partial charge in [0.15, 0.2) is 0 Å². The van der Waals surface area contributed by atoms with Gasteiger partial charge in [0.1, 0.15) is 5.60 Å². The molecule has 2 fully saturated rings. The molecule has 0 saturated carbocycles. The van der Waals surface area contributed by atoms with Gasteiger partial charge < -0.3 is 9.47 Å². The molecule has 0 aromatic rings. The van der Waals surface area contributed by atoms with E-state index in [1.807, 2.05) is 0 Å². The van der Waals surface area contributed by atoms with E-state index in [2.05, 4.69) is 13.8 Å². The van der Waals surface area contributed by atoms with Gasteiger partial charge in [-0.1, -0.05) is 13.8 Å². The Morgan fingerprint density at radius 1 is 1.46 bits per heavy atom. The van der Waals surface area contributed by atoms with Crippen LogP contribution in [0.1, 0.15) is 13.8 Å². The highest BCUT2D eigenvalue weighted by atomic mass is 19.2. The maximum atomic E-state index is 12.5. The van der Waals surface area contributed by atoms with Gasteiger partial charge >= 0.3 is 0 Å². The van der Waals surface area contributed by atoms with E-state index in [1.54, 1.807) is 0 Å². The van der Waals surface area contributed by atoms with Crippen molar-refractivity contribution in [1.82, 2.24) is 5.12 Å². The Kier molecular flexibility index (Phi) is 2.30. The van der Waals surface area contributed by atoms with Crippen LogP contribution in [-0.4, -0.2) is 43.1 Å². The fourth-order valence-corrected chi connectivity index (χ4v) is 1.75. The van der Waals surface area contributed by atoms with Crippen LogP contribution in [-0.2, 0) is 9.47 Å². The third kappa shape index (κ3) is 1.71. The molecule has 2 heterocycles. The minimum Gasteiger partial charge on any atom is -0.372 e. The first-order chi connectivity index (χ1) is 6.11. The van der Waals surface area contributed by atoms with Crippen molar-refractivity contribution in [3.63, 3.8) is 0 Å². The Labute approximate surface area is 77.7 Å². The number of rotatable bonds is 1. The lowest BCUT2D eigenvalue weighted by molar-refractivity contribution is -0.279. The topological polar surface area (TPSA) is 21.7 Å². The van der Waals surface area contributed by atoms with Gasteiger partial charge in [0, 0.05) is 0 Å². The second-order valence-corrected chi connectivity index (χ2v) is 4.37. The zero-order valence-corrected chi connectivity index (χ0v) is 8.12. The zero-order valence-electron chi connectivity index (χ0n) is 8.12. The van der Waals surface area contributed by atoms with E-state index in [1.165, 1.54) is 0 Å². The van der Waals surface area contributed by atoms with Gasteiger partial charge in [-0.15, -0.1) is 9.60 Å². The molecular formula is C9H16FNO2. The van der Waals surface area contributed by atoms with Gasteiger partial charge in [0.2, 0.25) is 0 Å². The summed E-state index contributed by atoms with van der Waals surface area (Å²) in [5.41, 5.74) is -0.333. The van der Waals surface area contributed by atoms with Crippen LogP contribution in [0.25, 0.3) is 0 Å². The van der Waals surface area contributed by atoms with Crippen molar-refractivity contribution in [3.8, 4) is 0 Å². The molecule has 0 radical (unpaired) electrons. The van der Waals surface area contributed by atoms with Gasteiger partial charge in [-0.05, 0) is 5.92 Å². The van der Waals surface area contributed by atoms with Crippen LogP contribution in [0.15, 0.2) is 0 Å². The quantitative estimate of drug-likeness (QED) is 0.574. The predicted octanol–water partition coefficient (Wildman–Crippen LogP) is 0.997. The van der Waals surface area contributed by atoms with Crippen molar-refractivity contribution >= 4 is 0 Å². The summed E-state index contributed by atoms with van der Waals surface area (Å²) in [5.74, 6) is 0.471. The molecule has 1 spiro atoms. The summed E-state index contributed by atoms with van der Waals surface area (Å²) < 4.78 is 23.8. The standard InChI is InChI=1S/C9H16FNO2/c1-7(2)8-3-13-9(6-12-8)4-11(10)5-9/h7-8H,3-6H2,1-2H3. The molecule has 13 heavy (non-hydrogen) atoms. The van der Waals surface area contributed by atoms with Crippen LogP contribution in [0, 0.1) is 5.92 Å². The van der Waals surface area contributed by atoms with E-state index >= 15 is 0 Å². The second-order valence-electron chi connectivity index (χ2n) is 4.37. The molecule has 1 atom stereocenters. The van der Waals surface area contributed by atoms with Crippen LogP contribution in [0.2, 0.25) is 0 Å². The molecule has 0 aromatic carbocycles. The Morgan fingerprint density at radius 2 is 2.15 bits per heavy atom. The van der Waals surface area contributed by atoms with Gasteiger partial charge in [-0.2, -0.15) is 0 Å². The highest BCUT2D eigenvalue weighted by Gasteiger charge is 2.48. The van der Waals surface area contributed by atoms with E-state index in [4.69, 9.17) is 9.47 Å². The first kappa shape index (κ1) is 9.37. The van der Waals surface area contributed by atoms with Gasteiger partial charge in [0.25, 0.3) is 0 Å². The maximum Gasteiger partial charge on any atom is 0.122 e. The second kappa shape index (κ2) is 3.19. The Hall–Kier alpha value is -0.190. The van der Waals surface area contributed by atoms with Crippen LogP contribution in [0.4, 0.5) is 4.48 Å². The summed E-state index contributed by atoms with van der Waals surface area (Å²) in [6.45, 7) is 6.07. The fourth-order valence-electron chi connectivity index (χ4n) is 1.75. The molecule has 1 unspecified atom stereocenters. The van der Waals surface area contributed by atoms with Crippen LogP contribution >= 0.6 is 0 Å². The predicted molar refractivity (Wildman–Crippen MR) is 45.9 cm³/mol. The minimum absolute atomic E-state index is 0.180. The number of hydrogen-bond donors (Lipinski definition) is 0. The molecule has 2 saturated heterocycles. The van der Waals surface area contributed by atoms with Crippen LogP contribution in [0.3, 0.4) is 0 Å². The van der Waals surface area contributed by atoms with Gasteiger partial charge in [-0.3, -0.25) is 0 Å². The average Bonchev–Trinajstić information content (AvgIpc) is 2.03. The Balaban J connectivity index is 1.83. The molecule has 0 bridgehead atoms. The molecule has 0 amide bonds. The molecule has 76 valence electrons. The Bertz CT molecular complexity index is 182. The SMILES string of the molecule is CC(C)C1COC2(CO1)CN(F)C2. The first-order valence-electron chi connectivity index (χ1n) is 4.78. The summed E-state index contributed by atoms with van der Waals surface area (Å²) in [5, 5.41) is 0.763. The average molecular weight is 189 g/mol. The van der Waals surface area contributed by atoms with Crippen molar-refractivity contribution in [2.24, 2.45) is 5.92 Å².